The van der Waals surface area contributed by atoms with Crippen LogP contribution in [0, 0.1) is 5.41 Å². The molecule has 0 radical (unpaired) electrons. The Balaban J connectivity index is 2.47. The van der Waals surface area contributed by atoms with E-state index in [0.717, 1.165) is 12.8 Å². The molecule has 0 aromatic rings. The Kier molecular flexibility index (Phi) is 3.14. The molecule has 0 aromatic carbocycles. The van der Waals surface area contributed by atoms with Crippen LogP contribution in [-0.2, 0) is 4.79 Å². The van der Waals surface area contributed by atoms with E-state index in [0.29, 0.717) is 0 Å². The van der Waals surface area contributed by atoms with E-state index in [4.69, 9.17) is 0 Å². The van der Waals surface area contributed by atoms with Crippen LogP contribution >= 0.6 is 0 Å². The quantitative estimate of drug-likeness (QED) is 0.529. The van der Waals surface area contributed by atoms with Gasteiger partial charge < -0.3 is 5.32 Å². The van der Waals surface area contributed by atoms with Crippen LogP contribution in [-0.4, -0.2) is 11.9 Å². The van der Waals surface area contributed by atoms with Crippen molar-refractivity contribution in [3.05, 3.63) is 24.3 Å². The number of amides is 1. The first-order chi connectivity index (χ1) is 6.43. The summed E-state index contributed by atoms with van der Waals surface area (Å²) in [6.45, 7) is 10.1. The Bertz CT molecular complexity index is 271. The fourth-order valence-corrected chi connectivity index (χ4v) is 1.70. The number of hydrogen-bond acceptors (Lipinski definition) is 1. The first-order valence-electron chi connectivity index (χ1n) is 5.06. The summed E-state index contributed by atoms with van der Waals surface area (Å²) >= 11 is 0. The van der Waals surface area contributed by atoms with Crippen LogP contribution in [0.5, 0.6) is 0 Å². The summed E-state index contributed by atoms with van der Waals surface area (Å²) in [5, 5.41) is 2.92. The van der Waals surface area contributed by atoms with Crippen molar-refractivity contribution in [3.63, 3.8) is 0 Å². The van der Waals surface area contributed by atoms with Gasteiger partial charge in [-0.3, -0.25) is 4.79 Å². The first-order valence-corrected chi connectivity index (χ1v) is 5.06. The van der Waals surface area contributed by atoms with Crippen molar-refractivity contribution in [2.24, 2.45) is 5.41 Å². The van der Waals surface area contributed by atoms with Gasteiger partial charge in [-0.05, 0) is 24.3 Å². The Labute approximate surface area is 86.1 Å². The lowest BCUT2D eigenvalue weighted by Gasteiger charge is -2.21. The van der Waals surface area contributed by atoms with Gasteiger partial charge in [0.25, 0.3) is 0 Å². The smallest absolute Gasteiger partial charge is 0.243 e. The van der Waals surface area contributed by atoms with E-state index in [-0.39, 0.29) is 17.4 Å². The van der Waals surface area contributed by atoms with E-state index in [2.05, 4.69) is 38.7 Å². The monoisotopic (exact) mass is 193 g/mol. The van der Waals surface area contributed by atoms with E-state index in [1.807, 2.05) is 0 Å². The van der Waals surface area contributed by atoms with E-state index in [1.54, 1.807) is 0 Å². The second-order valence-electron chi connectivity index (χ2n) is 4.83. The van der Waals surface area contributed by atoms with Gasteiger partial charge in [0.15, 0.2) is 0 Å². The van der Waals surface area contributed by atoms with Gasteiger partial charge in [0.2, 0.25) is 5.91 Å². The molecule has 0 heterocycles. The van der Waals surface area contributed by atoms with Crippen molar-refractivity contribution >= 4 is 5.91 Å². The maximum atomic E-state index is 11.1. The minimum absolute atomic E-state index is 0.0708. The summed E-state index contributed by atoms with van der Waals surface area (Å²) in [5.74, 6) is -0.0708. The zero-order valence-electron chi connectivity index (χ0n) is 9.26. The van der Waals surface area contributed by atoms with Crippen molar-refractivity contribution in [3.8, 4) is 0 Å². The molecule has 1 aliphatic rings. The third-order valence-electron chi connectivity index (χ3n) is 2.61. The summed E-state index contributed by atoms with van der Waals surface area (Å²) in [7, 11) is 0. The van der Waals surface area contributed by atoms with Gasteiger partial charge in [0.1, 0.15) is 0 Å². The average molecular weight is 193 g/mol. The highest BCUT2D eigenvalue weighted by molar-refractivity contribution is 5.87. The summed E-state index contributed by atoms with van der Waals surface area (Å²) in [5.41, 5.74) is 1.67. The molecule has 0 aliphatic heterocycles. The van der Waals surface area contributed by atoms with Gasteiger partial charge in [-0.1, -0.05) is 39.0 Å². The lowest BCUT2D eigenvalue weighted by Crippen LogP contribution is -2.32. The van der Waals surface area contributed by atoms with Gasteiger partial charge >= 0.3 is 0 Å². The topological polar surface area (TPSA) is 29.1 Å². The molecule has 2 heteroatoms. The van der Waals surface area contributed by atoms with Crippen LogP contribution in [0.2, 0.25) is 0 Å². The van der Waals surface area contributed by atoms with E-state index >= 15 is 0 Å². The van der Waals surface area contributed by atoms with Gasteiger partial charge in [-0.25, -0.2) is 0 Å². The number of rotatable bonds is 2. The molecule has 0 fully saturated rings. The van der Waals surface area contributed by atoms with Crippen molar-refractivity contribution in [1.29, 1.82) is 0 Å². The summed E-state index contributed by atoms with van der Waals surface area (Å²) < 4.78 is 0. The van der Waals surface area contributed by atoms with Crippen molar-refractivity contribution in [1.82, 2.24) is 5.32 Å². The number of carbonyl (C=O) groups excluding carboxylic acids is 1. The molecule has 0 saturated carbocycles. The predicted molar refractivity (Wildman–Crippen MR) is 58.9 cm³/mol. The van der Waals surface area contributed by atoms with E-state index in [1.165, 1.54) is 11.6 Å². The molecule has 1 aliphatic carbocycles. The number of nitrogens with one attached hydrogen (secondary N) is 1. The van der Waals surface area contributed by atoms with Gasteiger partial charge in [-0.15, -0.1) is 0 Å². The molecule has 14 heavy (non-hydrogen) atoms. The molecule has 0 aromatic heterocycles. The second-order valence-corrected chi connectivity index (χ2v) is 4.83. The minimum Gasteiger partial charge on any atom is -0.349 e. The molecular formula is C12H19NO. The van der Waals surface area contributed by atoms with Gasteiger partial charge in [-0.2, -0.15) is 0 Å². The van der Waals surface area contributed by atoms with Crippen LogP contribution in [0.25, 0.3) is 0 Å². The third kappa shape index (κ3) is 2.72. The van der Waals surface area contributed by atoms with Crippen molar-refractivity contribution < 1.29 is 4.79 Å². The molecule has 1 atom stereocenters. The lowest BCUT2D eigenvalue weighted by atomic mass is 9.86. The highest BCUT2D eigenvalue weighted by Crippen LogP contribution is 2.34. The third-order valence-corrected chi connectivity index (χ3v) is 2.61. The van der Waals surface area contributed by atoms with E-state index in [9.17, 15) is 4.79 Å². The molecule has 0 saturated heterocycles. The van der Waals surface area contributed by atoms with Crippen LogP contribution in [0.3, 0.4) is 0 Å². The van der Waals surface area contributed by atoms with Crippen LogP contribution in [0.1, 0.15) is 33.6 Å². The Morgan fingerprint density at radius 1 is 1.64 bits per heavy atom. The maximum absolute atomic E-state index is 11.1. The summed E-state index contributed by atoms with van der Waals surface area (Å²) in [4.78, 5) is 11.1. The highest BCUT2D eigenvalue weighted by Gasteiger charge is 2.25. The predicted octanol–water partition coefficient (Wildman–Crippen LogP) is 2.42. The van der Waals surface area contributed by atoms with E-state index < -0.39 is 0 Å². The van der Waals surface area contributed by atoms with Gasteiger partial charge in [0.05, 0.1) is 0 Å². The standard InChI is InChI=1S/C12H19NO/c1-5-11(14)13-10-7-6-9(8-10)12(2,3)4/h5-6,10H,1,7-8H2,2-4H3,(H,13,14). The van der Waals surface area contributed by atoms with Crippen molar-refractivity contribution in [2.45, 2.75) is 39.7 Å². The Morgan fingerprint density at radius 2 is 2.29 bits per heavy atom. The SMILES string of the molecule is C=CC(=O)NC1CC=C(C(C)(C)C)C1. The Morgan fingerprint density at radius 3 is 2.71 bits per heavy atom. The summed E-state index contributed by atoms with van der Waals surface area (Å²) in [6.07, 6.45) is 5.50. The fraction of sp³-hybridized carbons (Fsp3) is 0.583. The lowest BCUT2D eigenvalue weighted by molar-refractivity contribution is -0.117. The zero-order valence-corrected chi connectivity index (χ0v) is 9.26. The van der Waals surface area contributed by atoms with Crippen molar-refractivity contribution in [2.75, 3.05) is 0 Å². The van der Waals surface area contributed by atoms with Crippen LogP contribution in [0.4, 0.5) is 0 Å². The molecular weight excluding hydrogens is 174 g/mol. The maximum Gasteiger partial charge on any atom is 0.243 e. The molecule has 1 rings (SSSR count). The van der Waals surface area contributed by atoms with Crippen LogP contribution in [0.15, 0.2) is 24.3 Å². The molecule has 2 nitrogen and oxygen atoms in total. The zero-order chi connectivity index (χ0) is 10.8. The average Bonchev–Trinajstić information content (AvgIpc) is 2.51. The molecule has 0 spiro atoms. The normalized spacial score (nSPS) is 21.6. The molecule has 1 unspecified atom stereocenters. The second kappa shape index (κ2) is 3.99. The highest BCUT2D eigenvalue weighted by atomic mass is 16.1. The molecule has 1 amide bonds. The molecule has 1 N–H and O–H groups in total. The minimum atomic E-state index is -0.0708. The largest absolute Gasteiger partial charge is 0.349 e. The first kappa shape index (κ1) is 11.0. The molecule has 78 valence electrons. The Hall–Kier alpha value is -1.05. The van der Waals surface area contributed by atoms with Gasteiger partial charge in [0, 0.05) is 6.04 Å². The van der Waals surface area contributed by atoms with Crippen LogP contribution < -0.4 is 5.32 Å². The number of hydrogen-bond donors (Lipinski definition) is 1. The fourth-order valence-electron chi connectivity index (χ4n) is 1.70. The summed E-state index contributed by atoms with van der Waals surface area (Å²) in [6, 6.07) is 0.273. The number of carbonyl (C=O) groups is 1. The molecule has 0 bridgehead atoms.